The fourth-order valence-electron chi connectivity index (χ4n) is 3.37. The largest absolute Gasteiger partial charge is 0.379 e. The lowest BCUT2D eigenvalue weighted by Gasteiger charge is -2.26. The Morgan fingerprint density at radius 2 is 1.69 bits per heavy atom. The minimum absolute atomic E-state index is 0.0786. The zero-order valence-corrected chi connectivity index (χ0v) is 17.6. The lowest BCUT2D eigenvalue weighted by atomic mass is 10.1. The topological polar surface area (TPSA) is 75.7 Å². The first-order chi connectivity index (χ1) is 14.0. The fourth-order valence-corrected chi connectivity index (χ4v) is 4.93. The van der Waals surface area contributed by atoms with Gasteiger partial charge in [0.05, 0.1) is 19.0 Å². The van der Waals surface area contributed by atoms with Crippen LogP contribution in [0.5, 0.6) is 0 Å². The molecule has 29 heavy (non-hydrogen) atoms. The molecule has 6 nitrogen and oxygen atoms in total. The number of benzene rings is 2. The van der Waals surface area contributed by atoms with E-state index in [0.717, 1.165) is 18.4 Å². The van der Waals surface area contributed by atoms with Gasteiger partial charge in [-0.25, -0.2) is 8.42 Å². The third-order valence-corrected chi connectivity index (χ3v) is 6.84. The summed E-state index contributed by atoms with van der Waals surface area (Å²) in [5.41, 5.74) is 3.32. The van der Waals surface area contributed by atoms with Gasteiger partial charge in [-0.15, -0.1) is 0 Å². The number of carbonyl (C=O) groups is 1. The molecule has 7 heteroatoms. The van der Waals surface area contributed by atoms with Crippen molar-refractivity contribution in [3.63, 3.8) is 0 Å². The van der Waals surface area contributed by atoms with Crippen molar-refractivity contribution in [1.29, 1.82) is 0 Å². The van der Waals surface area contributed by atoms with Crippen molar-refractivity contribution in [3.8, 4) is 0 Å². The predicted molar refractivity (Wildman–Crippen MR) is 113 cm³/mol. The third-order valence-electron chi connectivity index (χ3n) is 5.01. The van der Waals surface area contributed by atoms with E-state index in [-0.39, 0.29) is 18.2 Å². The maximum atomic E-state index is 12.7. The van der Waals surface area contributed by atoms with Crippen LogP contribution in [0.3, 0.4) is 0 Å². The van der Waals surface area contributed by atoms with E-state index < -0.39 is 10.0 Å². The number of rotatable bonds is 8. The van der Waals surface area contributed by atoms with E-state index in [1.54, 1.807) is 6.07 Å². The van der Waals surface area contributed by atoms with E-state index in [9.17, 15) is 13.2 Å². The van der Waals surface area contributed by atoms with Crippen molar-refractivity contribution in [2.24, 2.45) is 0 Å². The fraction of sp³-hybridized carbons (Fsp3) is 0.409. The highest BCUT2D eigenvalue weighted by Gasteiger charge is 2.25. The van der Waals surface area contributed by atoms with Crippen molar-refractivity contribution in [1.82, 2.24) is 9.62 Å². The van der Waals surface area contributed by atoms with Gasteiger partial charge < -0.3 is 10.1 Å². The Kier molecular flexibility index (Phi) is 7.41. The molecule has 2 aromatic carbocycles. The minimum atomic E-state index is -3.42. The zero-order valence-electron chi connectivity index (χ0n) is 16.8. The van der Waals surface area contributed by atoms with Crippen molar-refractivity contribution in [2.75, 3.05) is 26.3 Å². The molecular formula is C22H28N2O4S. The van der Waals surface area contributed by atoms with Gasteiger partial charge in [-0.3, -0.25) is 4.79 Å². The summed E-state index contributed by atoms with van der Waals surface area (Å²) in [7, 11) is -3.42. The van der Waals surface area contributed by atoms with Gasteiger partial charge in [0.2, 0.25) is 10.0 Å². The number of hydrogen-bond acceptors (Lipinski definition) is 4. The lowest BCUT2D eigenvalue weighted by Crippen LogP contribution is -2.41. The second-order valence-corrected chi connectivity index (χ2v) is 9.13. The minimum Gasteiger partial charge on any atom is -0.379 e. The number of carbonyl (C=O) groups excluding carboxylic acids is 1. The van der Waals surface area contributed by atoms with Gasteiger partial charge >= 0.3 is 0 Å². The van der Waals surface area contributed by atoms with Gasteiger partial charge in [-0.05, 0) is 35.2 Å². The number of ether oxygens (including phenoxy) is 1. The van der Waals surface area contributed by atoms with Crippen LogP contribution in [0.1, 0.15) is 40.4 Å². The molecule has 0 spiro atoms. The van der Waals surface area contributed by atoms with Crippen LogP contribution < -0.4 is 5.32 Å². The van der Waals surface area contributed by atoms with E-state index in [4.69, 9.17) is 4.74 Å². The molecule has 3 rings (SSSR count). The quantitative estimate of drug-likeness (QED) is 0.718. The molecule has 1 saturated heterocycles. The van der Waals surface area contributed by atoms with Crippen LogP contribution in [-0.4, -0.2) is 44.9 Å². The number of aryl methyl sites for hydroxylation is 1. The molecule has 0 unspecified atom stereocenters. The van der Waals surface area contributed by atoms with Crippen LogP contribution in [0.2, 0.25) is 0 Å². The highest BCUT2D eigenvalue weighted by Crippen LogP contribution is 2.17. The molecule has 1 heterocycles. The maximum absolute atomic E-state index is 12.7. The summed E-state index contributed by atoms with van der Waals surface area (Å²) in [5, 5.41) is 2.91. The van der Waals surface area contributed by atoms with E-state index >= 15 is 0 Å². The predicted octanol–water partition coefficient (Wildman–Crippen LogP) is 2.73. The average Bonchev–Trinajstić information content (AvgIpc) is 2.74. The standard InChI is InChI=1S/C22H28N2O4S/c1-2-5-18-8-10-19(11-9-18)22(25)23-16-20-6-3-4-7-21(20)17-29(26,27)24-12-14-28-15-13-24/h3-4,6-11H,2,5,12-17H2,1H3,(H,23,25). The second kappa shape index (κ2) is 10.0. The van der Waals surface area contributed by atoms with E-state index in [1.807, 2.05) is 42.5 Å². The molecule has 1 fully saturated rings. The summed E-state index contributed by atoms with van der Waals surface area (Å²) in [6.45, 7) is 4.02. The number of amides is 1. The Morgan fingerprint density at radius 1 is 1.03 bits per heavy atom. The van der Waals surface area contributed by atoms with Crippen molar-refractivity contribution >= 4 is 15.9 Å². The molecule has 1 amide bonds. The number of sulfonamides is 1. The first-order valence-electron chi connectivity index (χ1n) is 9.99. The summed E-state index contributed by atoms with van der Waals surface area (Å²) in [6, 6.07) is 14.9. The SMILES string of the molecule is CCCc1ccc(C(=O)NCc2ccccc2CS(=O)(=O)N2CCOCC2)cc1. The summed E-state index contributed by atoms with van der Waals surface area (Å²) in [4.78, 5) is 12.5. The summed E-state index contributed by atoms with van der Waals surface area (Å²) < 4.78 is 32.2. The van der Waals surface area contributed by atoms with Crippen LogP contribution in [0, 0.1) is 0 Å². The van der Waals surface area contributed by atoms with Gasteiger partial charge in [-0.2, -0.15) is 4.31 Å². The summed E-state index contributed by atoms with van der Waals surface area (Å²) in [5.74, 6) is -0.246. The van der Waals surface area contributed by atoms with Crippen LogP contribution in [0.15, 0.2) is 48.5 Å². The molecular weight excluding hydrogens is 388 g/mol. The van der Waals surface area contributed by atoms with Gasteiger partial charge in [0.1, 0.15) is 0 Å². The van der Waals surface area contributed by atoms with Crippen LogP contribution in [-0.2, 0) is 33.5 Å². The molecule has 0 bridgehead atoms. The van der Waals surface area contributed by atoms with Crippen LogP contribution >= 0.6 is 0 Å². The number of morpholine rings is 1. The third kappa shape index (κ3) is 5.88. The molecule has 0 aliphatic carbocycles. The van der Waals surface area contributed by atoms with Crippen molar-refractivity contribution in [3.05, 3.63) is 70.8 Å². The van der Waals surface area contributed by atoms with Crippen molar-refractivity contribution in [2.45, 2.75) is 32.1 Å². The Bertz CT molecular complexity index is 920. The van der Waals surface area contributed by atoms with Crippen LogP contribution in [0.25, 0.3) is 0 Å². The average molecular weight is 417 g/mol. The Morgan fingerprint density at radius 3 is 2.34 bits per heavy atom. The molecule has 0 radical (unpaired) electrons. The van der Waals surface area contributed by atoms with E-state index in [1.165, 1.54) is 9.87 Å². The monoisotopic (exact) mass is 416 g/mol. The highest BCUT2D eigenvalue weighted by atomic mass is 32.2. The molecule has 1 aliphatic rings. The number of nitrogens with one attached hydrogen (secondary N) is 1. The van der Waals surface area contributed by atoms with Crippen LogP contribution in [0.4, 0.5) is 0 Å². The Hall–Kier alpha value is -2.22. The molecule has 0 aromatic heterocycles. The maximum Gasteiger partial charge on any atom is 0.251 e. The molecule has 0 saturated carbocycles. The van der Waals surface area contributed by atoms with Crippen molar-refractivity contribution < 1.29 is 17.9 Å². The number of nitrogens with zero attached hydrogens (tertiary/aromatic N) is 1. The lowest BCUT2D eigenvalue weighted by molar-refractivity contribution is 0.0729. The molecule has 2 aromatic rings. The van der Waals surface area contributed by atoms with Gasteiger partial charge in [0, 0.05) is 25.2 Å². The number of hydrogen-bond donors (Lipinski definition) is 1. The van der Waals surface area contributed by atoms with Gasteiger partial charge in [0.25, 0.3) is 5.91 Å². The molecule has 1 N–H and O–H groups in total. The summed E-state index contributed by atoms with van der Waals surface area (Å²) in [6.07, 6.45) is 2.06. The highest BCUT2D eigenvalue weighted by molar-refractivity contribution is 7.88. The zero-order chi connectivity index (χ0) is 20.7. The van der Waals surface area contributed by atoms with Gasteiger partial charge in [-0.1, -0.05) is 49.7 Å². The molecule has 0 atom stereocenters. The first kappa shape index (κ1) is 21.5. The Labute approximate surface area is 172 Å². The first-order valence-corrected chi connectivity index (χ1v) is 11.6. The molecule has 1 aliphatic heterocycles. The smallest absolute Gasteiger partial charge is 0.251 e. The normalized spacial score (nSPS) is 15.2. The van der Waals surface area contributed by atoms with E-state index in [2.05, 4.69) is 12.2 Å². The van der Waals surface area contributed by atoms with E-state index in [0.29, 0.717) is 37.4 Å². The molecule has 156 valence electrons. The Balaban J connectivity index is 1.65. The van der Waals surface area contributed by atoms with Gasteiger partial charge in [0.15, 0.2) is 0 Å². The second-order valence-electron chi connectivity index (χ2n) is 7.17. The summed E-state index contributed by atoms with van der Waals surface area (Å²) >= 11 is 0.